The average molecular weight is 413 g/mol. The van der Waals surface area contributed by atoms with Crippen LogP contribution in [0.2, 0.25) is 0 Å². The molecule has 0 fully saturated rings. The molecule has 2 aromatic rings. The summed E-state index contributed by atoms with van der Waals surface area (Å²) in [5.41, 5.74) is 1.50. The Labute approximate surface area is 171 Å². The molecule has 2 aromatic carbocycles. The lowest BCUT2D eigenvalue weighted by Gasteiger charge is -2.25. The van der Waals surface area contributed by atoms with Gasteiger partial charge in [-0.2, -0.15) is 0 Å². The minimum atomic E-state index is -1.11. The van der Waals surface area contributed by atoms with Gasteiger partial charge in [-0.05, 0) is 30.7 Å². The maximum absolute atomic E-state index is 11.8. The van der Waals surface area contributed by atoms with Crippen LogP contribution in [-0.4, -0.2) is 34.0 Å². The lowest BCUT2D eigenvalue weighted by Crippen LogP contribution is -2.31. The van der Waals surface area contributed by atoms with Crippen LogP contribution in [0.4, 0.5) is 5.69 Å². The first-order valence-electron chi connectivity index (χ1n) is 8.75. The molecular weight excluding hydrogens is 394 g/mol. The Morgan fingerprint density at radius 2 is 1.93 bits per heavy atom. The molecule has 0 radical (unpaired) electrons. The first kappa shape index (κ1) is 20.5. The molecule has 0 aromatic heterocycles. The maximum Gasteiger partial charge on any atom is 0.314 e. The van der Waals surface area contributed by atoms with E-state index in [-0.39, 0.29) is 11.3 Å². The molecule has 9 heteroatoms. The average Bonchev–Trinajstić information content (AvgIpc) is 2.71. The summed E-state index contributed by atoms with van der Waals surface area (Å²) in [4.78, 5) is 31.6. The standard InChI is InChI=1S/C20H19N3O5S/c1-12-17(19(24)25)18(15-5-3-4-6-16(15)23(26)27)22-20(21-12)29-11-13-7-9-14(28-2)10-8-13/h3-10,17-18H,11H2,1-2H3,(H,24,25). The molecule has 1 aliphatic heterocycles. The van der Waals surface area contributed by atoms with Gasteiger partial charge in [0.2, 0.25) is 0 Å². The zero-order valence-electron chi connectivity index (χ0n) is 15.8. The summed E-state index contributed by atoms with van der Waals surface area (Å²) in [6.45, 7) is 1.61. The molecule has 2 unspecified atom stereocenters. The normalized spacial score (nSPS) is 18.6. The predicted octanol–water partition coefficient (Wildman–Crippen LogP) is 4.11. The van der Waals surface area contributed by atoms with Crippen molar-refractivity contribution in [2.75, 3.05) is 7.11 Å². The summed E-state index contributed by atoms with van der Waals surface area (Å²) < 4.78 is 5.14. The molecule has 0 aliphatic carbocycles. The molecule has 0 bridgehead atoms. The quantitative estimate of drug-likeness (QED) is 0.563. The summed E-state index contributed by atoms with van der Waals surface area (Å²) in [5, 5.41) is 21.5. The number of aliphatic imine (C=N–C) groups is 2. The molecular formula is C20H19N3O5S. The first-order chi connectivity index (χ1) is 13.9. The van der Waals surface area contributed by atoms with E-state index in [1.165, 1.54) is 17.8 Å². The first-order valence-corrected chi connectivity index (χ1v) is 9.74. The van der Waals surface area contributed by atoms with E-state index in [1.54, 1.807) is 32.2 Å². The van der Waals surface area contributed by atoms with Crippen LogP contribution in [0.1, 0.15) is 24.1 Å². The fourth-order valence-electron chi connectivity index (χ4n) is 3.08. The van der Waals surface area contributed by atoms with Gasteiger partial charge in [-0.25, -0.2) is 4.99 Å². The Hall–Kier alpha value is -3.20. The molecule has 8 nitrogen and oxygen atoms in total. The van der Waals surface area contributed by atoms with Gasteiger partial charge in [0, 0.05) is 17.5 Å². The highest BCUT2D eigenvalue weighted by molar-refractivity contribution is 8.13. The van der Waals surface area contributed by atoms with Crippen molar-refractivity contribution in [2.24, 2.45) is 15.9 Å². The highest BCUT2D eigenvalue weighted by Gasteiger charge is 2.38. The van der Waals surface area contributed by atoms with Gasteiger partial charge in [-0.1, -0.05) is 36.0 Å². The molecule has 150 valence electrons. The lowest BCUT2D eigenvalue weighted by molar-refractivity contribution is -0.385. The number of ether oxygens (including phenoxy) is 1. The van der Waals surface area contributed by atoms with E-state index in [2.05, 4.69) is 9.98 Å². The van der Waals surface area contributed by atoms with E-state index in [9.17, 15) is 20.0 Å². The Bertz CT molecular complexity index is 988. The van der Waals surface area contributed by atoms with Gasteiger partial charge in [-0.15, -0.1) is 0 Å². The smallest absolute Gasteiger partial charge is 0.314 e. The minimum absolute atomic E-state index is 0.151. The van der Waals surface area contributed by atoms with Gasteiger partial charge in [0.25, 0.3) is 5.69 Å². The number of carboxylic acid groups (broad SMARTS) is 1. The number of benzene rings is 2. The summed E-state index contributed by atoms with van der Waals surface area (Å²) in [6.07, 6.45) is 0. The number of carboxylic acids is 1. The molecule has 1 aliphatic rings. The number of nitro benzene ring substituents is 1. The SMILES string of the molecule is COc1ccc(CSC2=NC(c3ccccc3[N+](=O)[O-])C(C(=O)O)C(C)=N2)cc1. The molecule has 1 N–H and O–H groups in total. The van der Waals surface area contributed by atoms with E-state index < -0.39 is 22.9 Å². The topological polar surface area (TPSA) is 114 Å². The van der Waals surface area contributed by atoms with Crippen LogP contribution in [0, 0.1) is 16.0 Å². The van der Waals surface area contributed by atoms with Crippen molar-refractivity contribution in [3.63, 3.8) is 0 Å². The van der Waals surface area contributed by atoms with Gasteiger partial charge < -0.3 is 9.84 Å². The summed E-state index contributed by atoms with van der Waals surface area (Å²) in [6, 6.07) is 12.7. The lowest BCUT2D eigenvalue weighted by atomic mass is 9.88. The van der Waals surface area contributed by atoms with Crippen molar-refractivity contribution in [2.45, 2.75) is 18.7 Å². The van der Waals surface area contributed by atoms with Crippen molar-refractivity contribution >= 4 is 34.3 Å². The number of hydrogen-bond acceptors (Lipinski definition) is 7. The van der Waals surface area contributed by atoms with E-state index in [0.717, 1.165) is 11.3 Å². The Morgan fingerprint density at radius 3 is 2.55 bits per heavy atom. The van der Waals surface area contributed by atoms with Crippen molar-refractivity contribution in [3.05, 3.63) is 69.8 Å². The van der Waals surface area contributed by atoms with Crippen LogP contribution in [0.3, 0.4) is 0 Å². The molecule has 29 heavy (non-hydrogen) atoms. The summed E-state index contributed by atoms with van der Waals surface area (Å²) in [7, 11) is 1.60. The number of carbonyl (C=O) groups is 1. The van der Waals surface area contributed by atoms with Gasteiger partial charge in [-0.3, -0.25) is 19.9 Å². The maximum atomic E-state index is 11.8. The predicted molar refractivity (Wildman–Crippen MR) is 112 cm³/mol. The molecule has 0 amide bonds. The molecule has 1 heterocycles. The number of para-hydroxylation sites is 1. The summed E-state index contributed by atoms with van der Waals surface area (Å²) >= 11 is 1.35. The summed E-state index contributed by atoms with van der Waals surface area (Å²) in [5.74, 6) is -0.844. The van der Waals surface area contributed by atoms with E-state index >= 15 is 0 Å². The Kier molecular flexibility index (Phi) is 6.28. The van der Waals surface area contributed by atoms with E-state index in [1.807, 2.05) is 24.3 Å². The minimum Gasteiger partial charge on any atom is -0.497 e. The van der Waals surface area contributed by atoms with Gasteiger partial charge in [0.05, 0.1) is 17.6 Å². The van der Waals surface area contributed by atoms with Gasteiger partial charge in [0.1, 0.15) is 17.7 Å². The Morgan fingerprint density at radius 1 is 1.24 bits per heavy atom. The fourth-order valence-corrected chi connectivity index (χ4v) is 3.96. The molecule has 0 saturated heterocycles. The third-order valence-corrected chi connectivity index (χ3v) is 5.47. The van der Waals surface area contributed by atoms with E-state index in [0.29, 0.717) is 16.6 Å². The molecule has 2 atom stereocenters. The number of hydrogen-bond donors (Lipinski definition) is 1. The third kappa shape index (κ3) is 4.62. The van der Waals surface area contributed by atoms with Crippen LogP contribution in [0.15, 0.2) is 58.5 Å². The second kappa shape index (κ2) is 8.87. The Balaban J connectivity index is 1.90. The zero-order chi connectivity index (χ0) is 21.0. The molecule has 3 rings (SSSR count). The number of rotatable bonds is 6. The second-order valence-corrected chi connectivity index (χ2v) is 7.32. The van der Waals surface area contributed by atoms with Crippen LogP contribution < -0.4 is 4.74 Å². The number of nitro groups is 1. The van der Waals surface area contributed by atoms with Crippen LogP contribution in [-0.2, 0) is 10.5 Å². The monoisotopic (exact) mass is 413 g/mol. The second-order valence-electron chi connectivity index (χ2n) is 6.38. The van der Waals surface area contributed by atoms with Crippen molar-refractivity contribution in [1.82, 2.24) is 0 Å². The number of methoxy groups -OCH3 is 1. The van der Waals surface area contributed by atoms with Crippen molar-refractivity contribution < 1.29 is 19.6 Å². The number of aliphatic carboxylic acids is 1. The van der Waals surface area contributed by atoms with Crippen LogP contribution >= 0.6 is 11.8 Å². The highest BCUT2D eigenvalue weighted by Crippen LogP contribution is 2.37. The van der Waals surface area contributed by atoms with E-state index in [4.69, 9.17) is 4.74 Å². The largest absolute Gasteiger partial charge is 0.497 e. The van der Waals surface area contributed by atoms with Crippen molar-refractivity contribution in [1.29, 1.82) is 0 Å². The number of amidine groups is 1. The highest BCUT2D eigenvalue weighted by atomic mass is 32.2. The van der Waals surface area contributed by atoms with Crippen LogP contribution in [0.5, 0.6) is 5.75 Å². The van der Waals surface area contributed by atoms with Gasteiger partial charge in [0.15, 0.2) is 5.17 Å². The molecule has 0 saturated carbocycles. The third-order valence-electron chi connectivity index (χ3n) is 4.53. The fraction of sp³-hybridized carbons (Fsp3) is 0.250. The molecule has 0 spiro atoms. The van der Waals surface area contributed by atoms with Crippen LogP contribution in [0.25, 0.3) is 0 Å². The zero-order valence-corrected chi connectivity index (χ0v) is 16.6. The number of nitrogens with zero attached hydrogens (tertiary/aromatic N) is 3. The van der Waals surface area contributed by atoms with Crippen molar-refractivity contribution in [3.8, 4) is 5.75 Å². The number of thioether (sulfide) groups is 1. The van der Waals surface area contributed by atoms with Gasteiger partial charge >= 0.3 is 5.97 Å².